The molecule has 3 aromatic rings. The van der Waals surface area contributed by atoms with Crippen LogP contribution in [-0.2, 0) is 23.4 Å². The Morgan fingerprint density at radius 3 is 2.21 bits per heavy atom. The standard InChI is InChI=1S/C23H24FNO3/c1-16-8-9-17(2)25(16)23(3,22(26)27)14-18-10-12-20(13-11-18)28-15-19-6-4-5-7-21(19)24/h4-13H,14-15H2,1-3H3,(H,26,27). The van der Waals surface area contributed by atoms with Gasteiger partial charge in [0, 0.05) is 23.4 Å². The maximum atomic E-state index is 13.7. The van der Waals surface area contributed by atoms with Crippen LogP contribution in [0, 0.1) is 19.7 Å². The number of aromatic nitrogens is 1. The first-order valence-corrected chi connectivity index (χ1v) is 9.15. The average Bonchev–Trinajstić information content (AvgIpc) is 3.01. The highest BCUT2D eigenvalue weighted by Crippen LogP contribution is 2.28. The van der Waals surface area contributed by atoms with E-state index in [1.54, 1.807) is 37.3 Å². The van der Waals surface area contributed by atoms with Gasteiger partial charge < -0.3 is 14.4 Å². The summed E-state index contributed by atoms with van der Waals surface area (Å²) < 4.78 is 21.2. The number of aliphatic carboxylic acids is 1. The van der Waals surface area contributed by atoms with Crippen LogP contribution in [0.1, 0.15) is 29.4 Å². The van der Waals surface area contributed by atoms with E-state index in [2.05, 4.69) is 0 Å². The van der Waals surface area contributed by atoms with Gasteiger partial charge in [-0.05, 0) is 56.7 Å². The van der Waals surface area contributed by atoms with E-state index in [-0.39, 0.29) is 12.4 Å². The zero-order valence-corrected chi connectivity index (χ0v) is 16.3. The molecule has 0 saturated carbocycles. The molecular weight excluding hydrogens is 357 g/mol. The number of hydrogen-bond donors (Lipinski definition) is 1. The van der Waals surface area contributed by atoms with E-state index in [0.29, 0.717) is 17.7 Å². The highest BCUT2D eigenvalue weighted by atomic mass is 19.1. The predicted octanol–water partition coefficient (Wildman–Crippen LogP) is 4.87. The van der Waals surface area contributed by atoms with Crippen molar-refractivity contribution in [3.05, 3.63) is 89.0 Å². The summed E-state index contributed by atoms with van der Waals surface area (Å²) in [4.78, 5) is 12.1. The molecule has 1 aromatic heterocycles. The van der Waals surface area contributed by atoms with Crippen LogP contribution in [0.15, 0.2) is 60.7 Å². The Labute approximate surface area is 164 Å². The van der Waals surface area contributed by atoms with Gasteiger partial charge in [-0.3, -0.25) is 0 Å². The molecule has 146 valence electrons. The number of aryl methyl sites for hydroxylation is 2. The van der Waals surface area contributed by atoms with Crippen molar-refractivity contribution in [1.82, 2.24) is 4.57 Å². The van der Waals surface area contributed by atoms with Crippen molar-refractivity contribution >= 4 is 5.97 Å². The van der Waals surface area contributed by atoms with Crippen LogP contribution in [0.4, 0.5) is 4.39 Å². The summed E-state index contributed by atoms with van der Waals surface area (Å²) in [6.07, 6.45) is 0.340. The van der Waals surface area contributed by atoms with Gasteiger partial charge in [-0.15, -0.1) is 0 Å². The summed E-state index contributed by atoms with van der Waals surface area (Å²) >= 11 is 0. The zero-order valence-electron chi connectivity index (χ0n) is 16.3. The molecule has 0 spiro atoms. The molecule has 3 rings (SSSR count). The van der Waals surface area contributed by atoms with Crippen LogP contribution >= 0.6 is 0 Å². The van der Waals surface area contributed by atoms with E-state index < -0.39 is 11.5 Å². The van der Waals surface area contributed by atoms with Crippen molar-refractivity contribution in [2.75, 3.05) is 0 Å². The molecule has 0 bridgehead atoms. The van der Waals surface area contributed by atoms with Crippen LogP contribution in [0.5, 0.6) is 5.75 Å². The zero-order chi connectivity index (χ0) is 20.3. The van der Waals surface area contributed by atoms with Crippen molar-refractivity contribution in [2.45, 2.75) is 39.3 Å². The second kappa shape index (κ2) is 7.89. The molecule has 0 aliphatic carbocycles. The van der Waals surface area contributed by atoms with Gasteiger partial charge in [-0.25, -0.2) is 9.18 Å². The Morgan fingerprint density at radius 1 is 1.04 bits per heavy atom. The molecule has 28 heavy (non-hydrogen) atoms. The monoisotopic (exact) mass is 381 g/mol. The SMILES string of the molecule is Cc1ccc(C)n1C(C)(Cc1ccc(OCc2ccccc2F)cc1)C(=O)O. The van der Waals surface area contributed by atoms with E-state index in [1.807, 2.05) is 42.7 Å². The first kappa shape index (κ1) is 19.7. The lowest BCUT2D eigenvalue weighted by atomic mass is 9.91. The molecule has 0 radical (unpaired) electrons. The van der Waals surface area contributed by atoms with Crippen LogP contribution in [0.3, 0.4) is 0 Å². The minimum absolute atomic E-state index is 0.140. The second-order valence-electron chi connectivity index (χ2n) is 7.23. The molecule has 5 heteroatoms. The van der Waals surface area contributed by atoms with Gasteiger partial charge >= 0.3 is 5.97 Å². The van der Waals surface area contributed by atoms with Gasteiger partial charge in [0.05, 0.1) is 0 Å². The molecule has 0 fully saturated rings. The van der Waals surface area contributed by atoms with Gasteiger partial charge in [0.2, 0.25) is 0 Å². The van der Waals surface area contributed by atoms with Crippen LogP contribution in [0.2, 0.25) is 0 Å². The van der Waals surface area contributed by atoms with E-state index in [4.69, 9.17) is 4.74 Å². The number of hydrogen-bond acceptors (Lipinski definition) is 2. The van der Waals surface area contributed by atoms with Crippen LogP contribution in [0.25, 0.3) is 0 Å². The van der Waals surface area contributed by atoms with Gasteiger partial charge in [-0.1, -0.05) is 30.3 Å². The summed E-state index contributed by atoms with van der Waals surface area (Å²) in [5, 5.41) is 9.92. The van der Waals surface area contributed by atoms with Crippen molar-refractivity contribution in [2.24, 2.45) is 0 Å². The van der Waals surface area contributed by atoms with Gasteiger partial charge in [0.15, 0.2) is 0 Å². The lowest BCUT2D eigenvalue weighted by Gasteiger charge is -2.30. The fourth-order valence-corrected chi connectivity index (χ4v) is 3.57. The number of halogens is 1. The Morgan fingerprint density at radius 2 is 1.64 bits per heavy atom. The number of rotatable bonds is 7. The number of carboxylic acids is 1. The third-order valence-corrected chi connectivity index (χ3v) is 5.05. The van der Waals surface area contributed by atoms with Gasteiger partial charge in [0.25, 0.3) is 0 Å². The van der Waals surface area contributed by atoms with Gasteiger partial charge in [0.1, 0.15) is 23.7 Å². The number of carbonyl (C=O) groups is 1. The lowest BCUT2D eigenvalue weighted by molar-refractivity contribution is -0.146. The van der Waals surface area contributed by atoms with Crippen molar-refractivity contribution < 1.29 is 19.0 Å². The number of benzene rings is 2. The van der Waals surface area contributed by atoms with Crippen molar-refractivity contribution in [3.63, 3.8) is 0 Å². The molecule has 1 heterocycles. The third-order valence-electron chi connectivity index (χ3n) is 5.05. The Bertz CT molecular complexity index is 958. The first-order valence-electron chi connectivity index (χ1n) is 9.15. The molecule has 1 unspecified atom stereocenters. The molecule has 0 amide bonds. The normalized spacial score (nSPS) is 13.1. The molecule has 1 N–H and O–H groups in total. The molecule has 1 atom stereocenters. The van der Waals surface area contributed by atoms with E-state index in [0.717, 1.165) is 17.0 Å². The average molecular weight is 381 g/mol. The Hall–Kier alpha value is -3.08. The summed E-state index contributed by atoms with van der Waals surface area (Å²) in [7, 11) is 0. The predicted molar refractivity (Wildman–Crippen MR) is 106 cm³/mol. The first-order chi connectivity index (χ1) is 13.3. The summed E-state index contributed by atoms with van der Waals surface area (Å²) in [5.41, 5.74) is 2.10. The highest BCUT2D eigenvalue weighted by molar-refractivity contribution is 5.77. The lowest BCUT2D eigenvalue weighted by Crippen LogP contribution is -2.42. The summed E-state index contributed by atoms with van der Waals surface area (Å²) in [6, 6.07) is 17.6. The summed E-state index contributed by atoms with van der Waals surface area (Å²) in [5.74, 6) is -0.569. The second-order valence-corrected chi connectivity index (χ2v) is 7.23. The molecular formula is C23H24FNO3. The van der Waals surface area contributed by atoms with E-state index in [9.17, 15) is 14.3 Å². The molecule has 4 nitrogen and oxygen atoms in total. The van der Waals surface area contributed by atoms with E-state index >= 15 is 0 Å². The van der Waals surface area contributed by atoms with Crippen molar-refractivity contribution in [3.8, 4) is 5.75 Å². The largest absolute Gasteiger partial charge is 0.489 e. The minimum Gasteiger partial charge on any atom is -0.489 e. The fourth-order valence-electron chi connectivity index (χ4n) is 3.57. The maximum Gasteiger partial charge on any atom is 0.329 e. The summed E-state index contributed by atoms with van der Waals surface area (Å²) in [6.45, 7) is 5.69. The maximum absolute atomic E-state index is 13.7. The number of carboxylic acid groups (broad SMARTS) is 1. The number of nitrogens with zero attached hydrogens (tertiary/aromatic N) is 1. The topological polar surface area (TPSA) is 51.5 Å². The number of ether oxygens (including phenoxy) is 1. The quantitative estimate of drug-likeness (QED) is 0.635. The van der Waals surface area contributed by atoms with Crippen molar-refractivity contribution in [1.29, 1.82) is 0 Å². The van der Waals surface area contributed by atoms with E-state index in [1.165, 1.54) is 6.07 Å². The minimum atomic E-state index is -1.09. The van der Waals surface area contributed by atoms with Crippen LogP contribution in [-0.4, -0.2) is 15.6 Å². The molecule has 0 aliphatic heterocycles. The third kappa shape index (κ3) is 3.93. The molecule has 2 aromatic carbocycles. The smallest absolute Gasteiger partial charge is 0.329 e. The fraction of sp³-hybridized carbons (Fsp3) is 0.261. The Balaban J connectivity index is 1.75. The molecule has 0 aliphatic rings. The highest BCUT2D eigenvalue weighted by Gasteiger charge is 2.36. The van der Waals surface area contributed by atoms with Gasteiger partial charge in [-0.2, -0.15) is 0 Å². The Kier molecular flexibility index (Phi) is 5.54. The molecule has 0 saturated heterocycles. The van der Waals surface area contributed by atoms with Crippen LogP contribution < -0.4 is 4.74 Å².